The number of para-hydroxylation sites is 1. The molecule has 0 N–H and O–H groups in total. The molecule has 0 saturated carbocycles. The number of rotatable bonds is 4. The van der Waals surface area contributed by atoms with E-state index in [1.54, 1.807) is 19.2 Å². The average molecular weight is 238 g/mol. The first-order chi connectivity index (χ1) is 7.47. The molecular weight excluding hydrogens is 220 g/mol. The molecule has 0 aromatic heterocycles. The van der Waals surface area contributed by atoms with Crippen molar-refractivity contribution in [3.63, 3.8) is 0 Å². The van der Waals surface area contributed by atoms with Crippen LogP contribution in [0.4, 0.5) is 0 Å². The maximum atomic E-state index is 11.9. The molecule has 16 heavy (non-hydrogen) atoms. The lowest BCUT2D eigenvalue weighted by atomic mass is 10.3. The van der Waals surface area contributed by atoms with Gasteiger partial charge in [-0.3, -0.25) is 4.79 Å². The van der Waals surface area contributed by atoms with Crippen molar-refractivity contribution in [3.05, 3.63) is 30.3 Å². The van der Waals surface area contributed by atoms with Crippen LogP contribution in [0.15, 0.2) is 30.3 Å². The van der Waals surface area contributed by atoms with Crippen LogP contribution in [0.25, 0.3) is 0 Å². The zero-order valence-corrected chi connectivity index (χ0v) is 11.2. The van der Waals surface area contributed by atoms with Crippen molar-refractivity contribution in [3.8, 4) is 5.75 Å². The minimum absolute atomic E-state index is 0.183. The highest BCUT2D eigenvalue weighted by Crippen LogP contribution is 2.24. The van der Waals surface area contributed by atoms with E-state index in [1.807, 2.05) is 38.2 Å². The van der Waals surface area contributed by atoms with Crippen LogP contribution in [0.3, 0.4) is 0 Å². The molecule has 0 heterocycles. The molecule has 0 spiro atoms. The van der Waals surface area contributed by atoms with E-state index in [0.717, 1.165) is 0 Å². The molecule has 1 atom stereocenters. The second-order valence-corrected chi connectivity index (χ2v) is 8.74. The molecule has 0 amide bonds. The summed E-state index contributed by atoms with van der Waals surface area (Å²) in [6.07, 6.45) is 0. The largest absolute Gasteiger partial charge is 0.426 e. The van der Waals surface area contributed by atoms with E-state index >= 15 is 0 Å². The molecule has 0 fully saturated rings. The topological polar surface area (TPSA) is 35.5 Å². The summed E-state index contributed by atoms with van der Waals surface area (Å²) in [5.74, 6) is 0.366. The normalized spacial score (nSPS) is 13.2. The molecule has 4 heteroatoms. The van der Waals surface area contributed by atoms with E-state index in [4.69, 9.17) is 9.16 Å². The molecule has 0 aliphatic carbocycles. The van der Waals surface area contributed by atoms with E-state index in [0.29, 0.717) is 5.75 Å². The summed E-state index contributed by atoms with van der Waals surface area (Å²) in [7, 11) is -0.321. The Labute approximate surface area is 97.5 Å². The molecule has 1 aromatic rings. The van der Waals surface area contributed by atoms with E-state index in [2.05, 4.69) is 0 Å². The number of benzene rings is 1. The predicted molar refractivity (Wildman–Crippen MR) is 66.0 cm³/mol. The quantitative estimate of drug-likeness (QED) is 0.459. The van der Waals surface area contributed by atoms with Gasteiger partial charge in [0.25, 0.3) is 0 Å². The second-order valence-electron chi connectivity index (χ2n) is 4.26. The number of hydrogen-bond acceptors (Lipinski definition) is 3. The number of carbonyl (C=O) groups excluding carboxylic acids is 1. The van der Waals surface area contributed by atoms with E-state index in [9.17, 15) is 4.79 Å². The summed E-state index contributed by atoms with van der Waals surface area (Å²) < 4.78 is 10.7. The smallest absolute Gasteiger partial charge is 0.313 e. The minimum Gasteiger partial charge on any atom is -0.426 e. The zero-order valence-electron chi connectivity index (χ0n) is 10.2. The molecule has 3 nitrogen and oxygen atoms in total. The van der Waals surface area contributed by atoms with Crippen LogP contribution in [0.2, 0.25) is 18.6 Å². The zero-order chi connectivity index (χ0) is 12.2. The first kappa shape index (κ1) is 12.9. The van der Waals surface area contributed by atoms with Crippen LogP contribution in [-0.2, 0) is 9.22 Å². The van der Waals surface area contributed by atoms with Crippen LogP contribution < -0.4 is 4.74 Å². The van der Waals surface area contributed by atoms with Crippen molar-refractivity contribution in [1.29, 1.82) is 0 Å². The molecule has 1 unspecified atom stereocenters. The van der Waals surface area contributed by atoms with Crippen LogP contribution in [0.1, 0.15) is 6.92 Å². The Hall–Kier alpha value is -1.13. The SMILES string of the molecule is CO[Si](C)(C)C(C)C(=O)Oc1ccccc1. The lowest BCUT2D eigenvalue weighted by molar-refractivity contribution is -0.134. The van der Waals surface area contributed by atoms with E-state index in [1.165, 1.54) is 0 Å². The number of hydrogen-bond donors (Lipinski definition) is 0. The van der Waals surface area contributed by atoms with Crippen molar-refractivity contribution >= 4 is 14.3 Å². The molecule has 0 aliphatic rings. The van der Waals surface area contributed by atoms with E-state index in [-0.39, 0.29) is 11.5 Å². The molecule has 0 aliphatic heterocycles. The maximum absolute atomic E-state index is 11.9. The van der Waals surface area contributed by atoms with Crippen molar-refractivity contribution in [2.45, 2.75) is 25.6 Å². The van der Waals surface area contributed by atoms with Crippen LogP contribution in [0, 0.1) is 0 Å². The third kappa shape index (κ3) is 3.18. The highest BCUT2D eigenvalue weighted by Gasteiger charge is 2.35. The number of esters is 1. The molecule has 0 bridgehead atoms. The Morgan fingerprint density at radius 1 is 1.25 bits per heavy atom. The standard InChI is InChI=1S/C12H18O3Si/c1-10(16(3,4)14-2)12(13)15-11-8-6-5-7-9-11/h5-10H,1-4H3. The Morgan fingerprint density at radius 3 is 2.31 bits per heavy atom. The fraction of sp³-hybridized carbons (Fsp3) is 0.417. The van der Waals surface area contributed by atoms with Gasteiger partial charge in [-0.1, -0.05) is 25.1 Å². The van der Waals surface area contributed by atoms with Crippen LogP contribution in [-0.4, -0.2) is 21.4 Å². The lowest BCUT2D eigenvalue weighted by Crippen LogP contribution is -2.39. The monoisotopic (exact) mass is 238 g/mol. The minimum atomic E-state index is -1.97. The van der Waals surface area contributed by atoms with Gasteiger partial charge in [0.1, 0.15) is 5.75 Å². The maximum Gasteiger partial charge on any atom is 0.313 e. The highest BCUT2D eigenvalue weighted by molar-refractivity contribution is 6.75. The predicted octanol–water partition coefficient (Wildman–Crippen LogP) is 2.83. The van der Waals surface area contributed by atoms with Crippen molar-refractivity contribution in [2.24, 2.45) is 0 Å². The van der Waals surface area contributed by atoms with Gasteiger partial charge in [0.2, 0.25) is 0 Å². The molecule has 1 rings (SSSR count). The van der Waals surface area contributed by atoms with Gasteiger partial charge in [-0.15, -0.1) is 0 Å². The van der Waals surface area contributed by atoms with Crippen molar-refractivity contribution < 1.29 is 14.0 Å². The van der Waals surface area contributed by atoms with Gasteiger partial charge >= 0.3 is 5.97 Å². The number of ether oxygens (including phenoxy) is 1. The fourth-order valence-corrected chi connectivity index (χ4v) is 2.13. The Morgan fingerprint density at radius 2 is 1.81 bits per heavy atom. The summed E-state index contributed by atoms with van der Waals surface area (Å²) in [6.45, 7) is 5.87. The summed E-state index contributed by atoms with van der Waals surface area (Å²) in [6, 6.07) is 9.10. The third-order valence-electron chi connectivity index (χ3n) is 2.88. The fourth-order valence-electron chi connectivity index (χ4n) is 1.15. The van der Waals surface area contributed by atoms with Gasteiger partial charge in [-0.2, -0.15) is 0 Å². The van der Waals surface area contributed by atoms with Gasteiger partial charge < -0.3 is 9.16 Å². The summed E-state index contributed by atoms with van der Waals surface area (Å²) in [4.78, 5) is 11.9. The highest BCUT2D eigenvalue weighted by atomic mass is 28.4. The first-order valence-electron chi connectivity index (χ1n) is 5.29. The molecular formula is C12H18O3Si. The summed E-state index contributed by atoms with van der Waals surface area (Å²) in [5.41, 5.74) is -0.183. The van der Waals surface area contributed by atoms with Gasteiger partial charge in [0.05, 0.1) is 5.54 Å². The van der Waals surface area contributed by atoms with Gasteiger partial charge in [0, 0.05) is 7.11 Å². The summed E-state index contributed by atoms with van der Waals surface area (Å²) >= 11 is 0. The Bertz CT molecular complexity index is 349. The lowest BCUT2D eigenvalue weighted by Gasteiger charge is -2.25. The first-order valence-corrected chi connectivity index (χ1v) is 8.28. The molecule has 0 saturated heterocycles. The Kier molecular flexibility index (Phi) is 4.26. The van der Waals surface area contributed by atoms with Crippen LogP contribution in [0.5, 0.6) is 5.75 Å². The molecule has 1 aromatic carbocycles. The van der Waals surface area contributed by atoms with Crippen molar-refractivity contribution in [1.82, 2.24) is 0 Å². The Balaban J connectivity index is 2.66. The molecule has 0 radical (unpaired) electrons. The van der Waals surface area contributed by atoms with Gasteiger partial charge in [0.15, 0.2) is 8.32 Å². The average Bonchev–Trinajstić information content (AvgIpc) is 2.29. The number of carbonyl (C=O) groups is 1. The van der Waals surface area contributed by atoms with E-state index < -0.39 is 8.32 Å². The molecule has 88 valence electrons. The van der Waals surface area contributed by atoms with Gasteiger partial charge in [-0.25, -0.2) is 0 Å². The van der Waals surface area contributed by atoms with Gasteiger partial charge in [-0.05, 0) is 25.2 Å². The third-order valence-corrected chi connectivity index (χ3v) is 6.26. The summed E-state index contributed by atoms with van der Waals surface area (Å²) in [5, 5.41) is 0. The van der Waals surface area contributed by atoms with Crippen molar-refractivity contribution in [2.75, 3.05) is 7.11 Å². The van der Waals surface area contributed by atoms with Crippen LogP contribution >= 0.6 is 0 Å². The second kappa shape index (κ2) is 5.27.